The molecule has 2 saturated heterocycles. The van der Waals surface area contributed by atoms with Crippen molar-refractivity contribution in [2.45, 2.75) is 32.6 Å². The van der Waals surface area contributed by atoms with Crippen LogP contribution in [0.4, 0.5) is 0 Å². The number of rotatable bonds is 5. The van der Waals surface area contributed by atoms with Gasteiger partial charge >= 0.3 is 0 Å². The lowest BCUT2D eigenvalue weighted by Gasteiger charge is -2.37. The van der Waals surface area contributed by atoms with E-state index in [1.54, 1.807) is 6.92 Å². The van der Waals surface area contributed by atoms with E-state index < -0.39 is 10.0 Å². The van der Waals surface area contributed by atoms with Crippen molar-refractivity contribution in [1.29, 1.82) is 0 Å². The molecule has 1 amide bonds. The Hall–Kier alpha value is -0.660. The van der Waals surface area contributed by atoms with Gasteiger partial charge in [-0.3, -0.25) is 4.79 Å². The lowest BCUT2D eigenvalue weighted by atomic mass is 9.72. The van der Waals surface area contributed by atoms with Crippen molar-refractivity contribution in [1.82, 2.24) is 9.62 Å². The highest BCUT2D eigenvalue weighted by atomic mass is 32.2. The molecule has 1 spiro atoms. The molecule has 1 N–H and O–H groups in total. The zero-order chi connectivity index (χ0) is 15.8. The summed E-state index contributed by atoms with van der Waals surface area (Å²) >= 11 is 0. The van der Waals surface area contributed by atoms with Crippen molar-refractivity contribution in [2.24, 2.45) is 17.3 Å². The smallest absolute Gasteiger partial charge is 0.225 e. The van der Waals surface area contributed by atoms with Crippen molar-refractivity contribution in [3.8, 4) is 0 Å². The summed E-state index contributed by atoms with van der Waals surface area (Å²) in [5.74, 6) is 0.515. The third-order valence-corrected chi connectivity index (χ3v) is 7.24. The molecule has 1 unspecified atom stereocenters. The second-order valence-corrected chi connectivity index (χ2v) is 9.17. The van der Waals surface area contributed by atoms with Crippen molar-refractivity contribution in [2.75, 3.05) is 38.6 Å². The van der Waals surface area contributed by atoms with E-state index in [0.29, 0.717) is 32.2 Å². The van der Waals surface area contributed by atoms with E-state index in [1.165, 1.54) is 17.1 Å². The average Bonchev–Trinajstić information content (AvgIpc) is 3.27. The summed E-state index contributed by atoms with van der Waals surface area (Å²) in [7, 11) is -3.25. The van der Waals surface area contributed by atoms with Gasteiger partial charge in [-0.1, -0.05) is 0 Å². The van der Waals surface area contributed by atoms with Gasteiger partial charge in [0, 0.05) is 38.3 Å². The van der Waals surface area contributed by atoms with E-state index in [0.717, 1.165) is 19.4 Å². The molecule has 3 aliphatic rings. The number of amides is 1. The van der Waals surface area contributed by atoms with Gasteiger partial charge in [0.15, 0.2) is 0 Å². The van der Waals surface area contributed by atoms with Crippen molar-refractivity contribution < 1.29 is 17.9 Å². The van der Waals surface area contributed by atoms with Gasteiger partial charge < -0.3 is 10.1 Å². The van der Waals surface area contributed by atoms with Crippen LogP contribution >= 0.6 is 0 Å². The summed E-state index contributed by atoms with van der Waals surface area (Å²) in [5, 5.41) is 3.05. The van der Waals surface area contributed by atoms with E-state index in [2.05, 4.69) is 5.32 Å². The first-order chi connectivity index (χ1) is 10.5. The van der Waals surface area contributed by atoms with E-state index in [-0.39, 0.29) is 23.0 Å². The zero-order valence-corrected chi connectivity index (χ0v) is 14.0. The number of nitrogens with zero attached hydrogens (tertiary/aromatic N) is 1. The zero-order valence-electron chi connectivity index (χ0n) is 13.2. The first kappa shape index (κ1) is 16.2. The predicted molar refractivity (Wildman–Crippen MR) is 82.7 cm³/mol. The van der Waals surface area contributed by atoms with Gasteiger partial charge in [0.25, 0.3) is 0 Å². The lowest BCUT2D eigenvalue weighted by Crippen LogP contribution is -2.44. The number of carbonyl (C=O) groups excluding carboxylic acids is 1. The fraction of sp³-hybridized carbons (Fsp3) is 0.933. The van der Waals surface area contributed by atoms with Crippen LogP contribution in [-0.4, -0.2) is 57.2 Å². The molecule has 2 aliphatic heterocycles. The Morgan fingerprint density at radius 3 is 2.59 bits per heavy atom. The molecule has 2 heterocycles. The van der Waals surface area contributed by atoms with Crippen molar-refractivity contribution in [3.05, 3.63) is 0 Å². The molecular weight excluding hydrogens is 304 g/mol. The molecule has 3 rings (SSSR count). The predicted octanol–water partition coefficient (Wildman–Crippen LogP) is 0.591. The highest BCUT2D eigenvalue weighted by Gasteiger charge is 2.53. The fourth-order valence-electron chi connectivity index (χ4n) is 3.65. The monoisotopic (exact) mass is 330 g/mol. The van der Waals surface area contributed by atoms with Crippen LogP contribution in [0.3, 0.4) is 0 Å². The van der Waals surface area contributed by atoms with Gasteiger partial charge in [-0.05, 0) is 38.5 Å². The quantitative estimate of drug-likeness (QED) is 0.800. The van der Waals surface area contributed by atoms with E-state index in [9.17, 15) is 13.2 Å². The minimum absolute atomic E-state index is 0.0302. The Morgan fingerprint density at radius 1 is 1.32 bits per heavy atom. The lowest BCUT2D eigenvalue weighted by molar-refractivity contribution is -0.129. The van der Waals surface area contributed by atoms with Crippen LogP contribution in [0.1, 0.15) is 32.6 Å². The maximum atomic E-state index is 12.6. The maximum Gasteiger partial charge on any atom is 0.225 e. The van der Waals surface area contributed by atoms with Crippen LogP contribution in [-0.2, 0) is 19.6 Å². The molecule has 126 valence electrons. The van der Waals surface area contributed by atoms with Crippen molar-refractivity contribution >= 4 is 15.9 Å². The molecule has 0 bridgehead atoms. The molecule has 1 atom stereocenters. The second kappa shape index (κ2) is 6.09. The van der Waals surface area contributed by atoms with Gasteiger partial charge in [0.05, 0.1) is 11.7 Å². The fourth-order valence-corrected chi connectivity index (χ4v) is 4.85. The Kier molecular flexibility index (Phi) is 4.49. The number of sulfonamides is 1. The molecule has 0 aromatic carbocycles. The summed E-state index contributed by atoms with van der Waals surface area (Å²) in [6, 6.07) is 0. The largest absolute Gasteiger partial charge is 0.381 e. The van der Waals surface area contributed by atoms with Crippen LogP contribution in [0.15, 0.2) is 0 Å². The SMILES string of the molecule is CCS(=O)(=O)N1CC(C(=O)NCC2CC2)C2(CCOCC2)C1. The molecule has 0 aromatic heterocycles. The van der Waals surface area contributed by atoms with E-state index in [4.69, 9.17) is 4.74 Å². The molecule has 6 nitrogen and oxygen atoms in total. The van der Waals surface area contributed by atoms with Crippen LogP contribution in [0.25, 0.3) is 0 Å². The van der Waals surface area contributed by atoms with Crippen LogP contribution in [0, 0.1) is 17.3 Å². The number of nitrogens with one attached hydrogen (secondary N) is 1. The van der Waals surface area contributed by atoms with Gasteiger partial charge in [-0.25, -0.2) is 12.7 Å². The first-order valence-electron chi connectivity index (χ1n) is 8.30. The van der Waals surface area contributed by atoms with Gasteiger partial charge in [0.1, 0.15) is 0 Å². The van der Waals surface area contributed by atoms with Gasteiger partial charge in [0.2, 0.25) is 15.9 Å². The third-order valence-electron chi connectivity index (χ3n) is 5.44. The van der Waals surface area contributed by atoms with E-state index >= 15 is 0 Å². The van der Waals surface area contributed by atoms with Crippen LogP contribution in [0.2, 0.25) is 0 Å². The number of hydrogen-bond acceptors (Lipinski definition) is 4. The molecule has 22 heavy (non-hydrogen) atoms. The Morgan fingerprint density at radius 2 is 2.00 bits per heavy atom. The molecule has 1 saturated carbocycles. The van der Waals surface area contributed by atoms with Gasteiger partial charge in [-0.2, -0.15) is 0 Å². The average molecular weight is 330 g/mol. The first-order valence-corrected chi connectivity index (χ1v) is 9.91. The summed E-state index contributed by atoms with van der Waals surface area (Å²) in [6.45, 7) is 4.43. The third kappa shape index (κ3) is 3.16. The van der Waals surface area contributed by atoms with Crippen molar-refractivity contribution in [3.63, 3.8) is 0 Å². The minimum Gasteiger partial charge on any atom is -0.381 e. The summed E-state index contributed by atoms with van der Waals surface area (Å²) < 4.78 is 31.4. The summed E-state index contributed by atoms with van der Waals surface area (Å²) in [4.78, 5) is 12.6. The molecule has 7 heteroatoms. The standard InChI is InChI=1S/C15H26N2O4S/c1-2-22(19,20)17-10-13(14(18)16-9-12-3-4-12)15(11-17)5-7-21-8-6-15/h12-13H,2-11H2,1H3,(H,16,18). The molecule has 0 aromatic rings. The minimum atomic E-state index is -3.25. The number of ether oxygens (including phenoxy) is 1. The van der Waals surface area contributed by atoms with Crippen LogP contribution < -0.4 is 5.32 Å². The Balaban J connectivity index is 1.75. The number of carbonyl (C=O) groups is 1. The highest BCUT2D eigenvalue weighted by Crippen LogP contribution is 2.45. The Labute approximate surface area is 132 Å². The summed E-state index contributed by atoms with van der Waals surface area (Å²) in [5.41, 5.74) is -0.242. The maximum absolute atomic E-state index is 12.6. The molecule has 3 fully saturated rings. The molecule has 0 radical (unpaired) electrons. The molecule has 1 aliphatic carbocycles. The van der Waals surface area contributed by atoms with Gasteiger partial charge in [-0.15, -0.1) is 0 Å². The summed E-state index contributed by atoms with van der Waals surface area (Å²) in [6.07, 6.45) is 3.93. The Bertz CT molecular complexity index is 524. The normalized spacial score (nSPS) is 28.9. The second-order valence-electron chi connectivity index (χ2n) is 6.91. The van der Waals surface area contributed by atoms with Crippen LogP contribution in [0.5, 0.6) is 0 Å². The topological polar surface area (TPSA) is 75.7 Å². The molecular formula is C15H26N2O4S. The highest BCUT2D eigenvalue weighted by molar-refractivity contribution is 7.89. The van der Waals surface area contributed by atoms with E-state index in [1.807, 2.05) is 0 Å². The number of hydrogen-bond donors (Lipinski definition) is 1.